The van der Waals surface area contributed by atoms with Crippen LogP contribution < -0.4 is 5.32 Å². The first-order valence-electron chi connectivity index (χ1n) is 9.55. The summed E-state index contributed by atoms with van der Waals surface area (Å²) in [4.78, 5) is 19.1. The normalized spacial score (nSPS) is 15.3. The molecule has 3 aromatic rings. The third kappa shape index (κ3) is 5.06. The van der Waals surface area contributed by atoms with Crippen molar-refractivity contribution in [3.63, 3.8) is 0 Å². The predicted octanol–water partition coefficient (Wildman–Crippen LogP) is 5.14. The molecule has 1 aliphatic heterocycles. The molecular formula is C21H19BrClFN4O2. The molecule has 1 aliphatic rings. The molecule has 156 valence electrons. The summed E-state index contributed by atoms with van der Waals surface area (Å²) in [7, 11) is 0. The summed E-state index contributed by atoms with van der Waals surface area (Å²) in [5.41, 5.74) is 1.04. The molecule has 0 unspecified atom stereocenters. The van der Waals surface area contributed by atoms with Gasteiger partial charge in [0.15, 0.2) is 0 Å². The maximum absolute atomic E-state index is 13.9. The number of nitrogens with zero attached hydrogens (tertiary/aromatic N) is 3. The summed E-state index contributed by atoms with van der Waals surface area (Å²) in [6, 6.07) is 11.8. The van der Waals surface area contributed by atoms with Crippen molar-refractivity contribution in [1.29, 1.82) is 0 Å². The van der Waals surface area contributed by atoms with Crippen LogP contribution in [-0.4, -0.2) is 34.0 Å². The molecule has 1 fully saturated rings. The summed E-state index contributed by atoms with van der Waals surface area (Å²) in [6.45, 7) is 1.97. The monoisotopic (exact) mass is 492 g/mol. The minimum atomic E-state index is -0.456. The summed E-state index contributed by atoms with van der Waals surface area (Å²) in [5, 5.41) is 7.37. The number of anilines is 1. The van der Waals surface area contributed by atoms with Crippen molar-refractivity contribution in [1.82, 2.24) is 15.0 Å². The molecule has 2 heterocycles. The fraction of sp³-hybridized carbons (Fsp3) is 0.286. The average molecular weight is 494 g/mol. The molecule has 4 rings (SSSR count). The maximum Gasteiger partial charge on any atom is 0.241 e. The van der Waals surface area contributed by atoms with E-state index in [1.54, 1.807) is 24.3 Å². The smallest absolute Gasteiger partial charge is 0.241 e. The summed E-state index contributed by atoms with van der Waals surface area (Å²) in [6.07, 6.45) is 1.37. The van der Waals surface area contributed by atoms with Crippen molar-refractivity contribution in [2.24, 2.45) is 5.92 Å². The van der Waals surface area contributed by atoms with Gasteiger partial charge in [0.25, 0.3) is 0 Å². The minimum absolute atomic E-state index is 0.154. The molecule has 0 bridgehead atoms. The second-order valence-corrected chi connectivity index (χ2v) is 8.53. The van der Waals surface area contributed by atoms with Crippen LogP contribution in [0.15, 0.2) is 51.5 Å². The van der Waals surface area contributed by atoms with E-state index in [2.05, 4.69) is 36.3 Å². The number of hydrogen-bond donors (Lipinski definition) is 1. The van der Waals surface area contributed by atoms with Crippen LogP contribution in [0, 0.1) is 11.7 Å². The molecule has 30 heavy (non-hydrogen) atoms. The van der Waals surface area contributed by atoms with Crippen LogP contribution in [-0.2, 0) is 11.3 Å². The van der Waals surface area contributed by atoms with Crippen molar-refractivity contribution in [3.05, 3.63) is 63.7 Å². The van der Waals surface area contributed by atoms with E-state index < -0.39 is 5.82 Å². The summed E-state index contributed by atoms with van der Waals surface area (Å²) in [5.74, 6) is 0.283. The number of benzene rings is 2. The zero-order chi connectivity index (χ0) is 21.1. The topological polar surface area (TPSA) is 71.3 Å². The van der Waals surface area contributed by atoms with Gasteiger partial charge in [0.1, 0.15) is 5.82 Å². The molecule has 9 heteroatoms. The maximum atomic E-state index is 13.9. The Hall–Kier alpha value is -2.29. The molecule has 1 saturated heterocycles. The summed E-state index contributed by atoms with van der Waals surface area (Å²) < 4.78 is 19.9. The highest BCUT2D eigenvalue weighted by molar-refractivity contribution is 9.10. The lowest BCUT2D eigenvalue weighted by atomic mass is 9.96. The molecule has 1 amide bonds. The number of hydrogen-bond acceptors (Lipinski definition) is 5. The zero-order valence-electron chi connectivity index (χ0n) is 15.9. The molecule has 0 aliphatic carbocycles. The van der Waals surface area contributed by atoms with Gasteiger partial charge in [-0.3, -0.25) is 9.69 Å². The highest BCUT2D eigenvalue weighted by Crippen LogP contribution is 2.24. The van der Waals surface area contributed by atoms with Gasteiger partial charge in [-0.1, -0.05) is 32.7 Å². The lowest BCUT2D eigenvalue weighted by Gasteiger charge is -2.30. The first-order chi connectivity index (χ1) is 14.5. The van der Waals surface area contributed by atoms with E-state index in [1.165, 1.54) is 6.07 Å². The van der Waals surface area contributed by atoms with Gasteiger partial charge >= 0.3 is 0 Å². The standard InChI is InChI=1S/C21H19BrClFN4O2/c22-15-3-6-18(17(24)11-15)25-21(29)14-7-9-28(10-8-14)12-19-26-20(27-30-19)13-1-4-16(23)5-2-13/h1-6,11,14H,7-10,12H2,(H,25,29). The van der Waals surface area contributed by atoms with Gasteiger partial charge in [0.2, 0.25) is 17.6 Å². The molecule has 1 N–H and O–H groups in total. The lowest BCUT2D eigenvalue weighted by Crippen LogP contribution is -2.37. The minimum Gasteiger partial charge on any atom is -0.338 e. The Morgan fingerprint density at radius 2 is 1.97 bits per heavy atom. The predicted molar refractivity (Wildman–Crippen MR) is 115 cm³/mol. The van der Waals surface area contributed by atoms with Crippen LogP contribution in [0.4, 0.5) is 10.1 Å². The molecule has 0 atom stereocenters. The van der Waals surface area contributed by atoms with Gasteiger partial charge in [-0.2, -0.15) is 4.98 Å². The molecule has 6 nitrogen and oxygen atoms in total. The number of piperidine rings is 1. The van der Waals surface area contributed by atoms with Gasteiger partial charge < -0.3 is 9.84 Å². The van der Waals surface area contributed by atoms with E-state index in [0.717, 1.165) is 18.7 Å². The number of rotatable bonds is 5. The average Bonchev–Trinajstić information content (AvgIpc) is 3.19. The Bertz CT molecular complexity index is 1040. The van der Waals surface area contributed by atoms with Crippen molar-refractivity contribution >= 4 is 39.1 Å². The Balaban J connectivity index is 1.29. The van der Waals surface area contributed by atoms with Gasteiger partial charge in [-0.25, -0.2) is 4.39 Å². The fourth-order valence-electron chi connectivity index (χ4n) is 3.41. The van der Waals surface area contributed by atoms with Crippen LogP contribution in [0.25, 0.3) is 11.4 Å². The highest BCUT2D eigenvalue weighted by atomic mass is 79.9. The van der Waals surface area contributed by atoms with Gasteiger partial charge in [-0.15, -0.1) is 0 Å². The van der Waals surface area contributed by atoms with Crippen LogP contribution in [0.2, 0.25) is 5.02 Å². The first-order valence-corrected chi connectivity index (χ1v) is 10.7. The quantitative estimate of drug-likeness (QED) is 0.533. The molecule has 2 aromatic carbocycles. The number of nitrogens with one attached hydrogen (secondary N) is 1. The number of likely N-dealkylation sites (tertiary alicyclic amines) is 1. The second kappa shape index (κ2) is 9.24. The van der Waals surface area contributed by atoms with E-state index in [-0.39, 0.29) is 17.5 Å². The Morgan fingerprint density at radius 1 is 1.23 bits per heavy atom. The van der Waals surface area contributed by atoms with Gasteiger partial charge in [-0.05, 0) is 68.4 Å². The van der Waals surface area contributed by atoms with Crippen LogP contribution in [0.1, 0.15) is 18.7 Å². The van der Waals surface area contributed by atoms with E-state index in [1.807, 2.05) is 12.1 Å². The van der Waals surface area contributed by atoms with E-state index in [0.29, 0.717) is 40.6 Å². The lowest BCUT2D eigenvalue weighted by molar-refractivity contribution is -0.121. The number of carbonyl (C=O) groups is 1. The third-order valence-corrected chi connectivity index (χ3v) is 5.82. The zero-order valence-corrected chi connectivity index (χ0v) is 18.3. The first kappa shape index (κ1) is 21.0. The second-order valence-electron chi connectivity index (χ2n) is 7.18. The number of aromatic nitrogens is 2. The van der Waals surface area contributed by atoms with Gasteiger partial charge in [0.05, 0.1) is 12.2 Å². The SMILES string of the molecule is O=C(Nc1ccc(Br)cc1F)C1CCN(Cc2nc(-c3ccc(Cl)cc3)no2)CC1. The fourth-order valence-corrected chi connectivity index (χ4v) is 3.86. The third-order valence-electron chi connectivity index (χ3n) is 5.08. The number of carbonyl (C=O) groups excluding carboxylic acids is 1. The Morgan fingerprint density at radius 3 is 2.67 bits per heavy atom. The Labute approximate surface area is 186 Å². The molecule has 0 radical (unpaired) electrons. The van der Waals surface area contributed by atoms with Crippen LogP contribution in [0.3, 0.4) is 0 Å². The number of amides is 1. The van der Waals surface area contributed by atoms with Crippen molar-refractivity contribution in [3.8, 4) is 11.4 Å². The van der Waals surface area contributed by atoms with Crippen molar-refractivity contribution < 1.29 is 13.7 Å². The molecular weight excluding hydrogens is 475 g/mol. The Kier molecular flexibility index (Phi) is 6.46. The van der Waals surface area contributed by atoms with E-state index in [9.17, 15) is 9.18 Å². The van der Waals surface area contributed by atoms with Crippen LogP contribution >= 0.6 is 27.5 Å². The van der Waals surface area contributed by atoms with Crippen LogP contribution in [0.5, 0.6) is 0 Å². The molecule has 1 aromatic heterocycles. The van der Waals surface area contributed by atoms with Crippen molar-refractivity contribution in [2.75, 3.05) is 18.4 Å². The molecule has 0 spiro atoms. The summed E-state index contributed by atoms with van der Waals surface area (Å²) >= 11 is 9.12. The van der Waals surface area contributed by atoms with E-state index in [4.69, 9.17) is 16.1 Å². The van der Waals surface area contributed by atoms with Gasteiger partial charge in [0, 0.05) is 21.0 Å². The van der Waals surface area contributed by atoms with Crippen molar-refractivity contribution in [2.45, 2.75) is 19.4 Å². The largest absolute Gasteiger partial charge is 0.338 e. The molecule has 0 saturated carbocycles. The number of halogens is 3. The van der Waals surface area contributed by atoms with E-state index >= 15 is 0 Å². The highest BCUT2D eigenvalue weighted by Gasteiger charge is 2.26.